The first-order valence-electron chi connectivity index (χ1n) is 9.60. The number of carbonyl (C=O) groups is 1. The number of fused-ring (bicyclic) bond motifs is 1. The van der Waals surface area contributed by atoms with E-state index in [1.807, 2.05) is 25.2 Å². The molecule has 1 saturated heterocycles. The Balaban J connectivity index is 1.43. The van der Waals surface area contributed by atoms with Crippen LogP contribution >= 0.6 is 0 Å². The predicted octanol–water partition coefficient (Wildman–Crippen LogP) is 3.42. The fourth-order valence-electron chi connectivity index (χ4n) is 3.46. The number of anilines is 1. The van der Waals surface area contributed by atoms with Gasteiger partial charge in [0, 0.05) is 32.1 Å². The second kappa shape index (κ2) is 8.39. The van der Waals surface area contributed by atoms with Crippen LogP contribution in [-0.2, 0) is 11.8 Å². The van der Waals surface area contributed by atoms with Gasteiger partial charge in [-0.3, -0.25) is 14.5 Å². The van der Waals surface area contributed by atoms with Crippen LogP contribution in [0.4, 0.5) is 5.69 Å². The van der Waals surface area contributed by atoms with Crippen molar-refractivity contribution in [2.75, 3.05) is 25.1 Å². The molecule has 28 heavy (non-hydrogen) atoms. The Morgan fingerprint density at radius 3 is 2.93 bits per heavy atom. The molecular formula is C21H24N4O3. The number of pyridine rings is 1. The minimum Gasteiger partial charge on any atom is -0.476 e. The maximum absolute atomic E-state index is 12.3. The molecule has 0 spiro atoms. The lowest BCUT2D eigenvalue weighted by molar-refractivity contribution is 0.0592. The van der Waals surface area contributed by atoms with Gasteiger partial charge in [-0.25, -0.2) is 0 Å². The van der Waals surface area contributed by atoms with E-state index >= 15 is 0 Å². The number of rotatable bonds is 6. The summed E-state index contributed by atoms with van der Waals surface area (Å²) < 4.78 is 13.1. The van der Waals surface area contributed by atoms with Crippen LogP contribution in [0, 0.1) is 5.92 Å². The lowest BCUT2D eigenvalue weighted by Gasteiger charge is -2.21. The number of hydrogen-bond donors (Lipinski definition) is 1. The number of aryl methyl sites for hydroxylation is 1. The van der Waals surface area contributed by atoms with Gasteiger partial charge in [0.2, 0.25) is 5.88 Å². The molecule has 7 nitrogen and oxygen atoms in total. The van der Waals surface area contributed by atoms with E-state index in [0.29, 0.717) is 29.8 Å². The number of ether oxygens (including phenoxy) is 2. The van der Waals surface area contributed by atoms with Crippen molar-refractivity contribution in [1.82, 2.24) is 14.8 Å². The zero-order valence-corrected chi connectivity index (χ0v) is 15.9. The van der Waals surface area contributed by atoms with E-state index < -0.39 is 0 Å². The number of amides is 1. The maximum atomic E-state index is 12.3. The summed E-state index contributed by atoms with van der Waals surface area (Å²) in [6, 6.07) is 10.9. The summed E-state index contributed by atoms with van der Waals surface area (Å²) in [5.41, 5.74) is 1.98. The van der Waals surface area contributed by atoms with E-state index in [1.165, 1.54) is 0 Å². The van der Waals surface area contributed by atoms with Crippen molar-refractivity contribution in [3.05, 3.63) is 48.3 Å². The van der Waals surface area contributed by atoms with Crippen molar-refractivity contribution in [1.29, 1.82) is 0 Å². The fraction of sp³-hybridized carbons (Fsp3) is 0.381. The van der Waals surface area contributed by atoms with Gasteiger partial charge in [0.1, 0.15) is 5.69 Å². The number of nitrogens with zero attached hydrogens (tertiary/aromatic N) is 3. The molecule has 1 aromatic carbocycles. The highest BCUT2D eigenvalue weighted by atomic mass is 16.5. The van der Waals surface area contributed by atoms with Crippen LogP contribution in [0.15, 0.2) is 42.6 Å². The zero-order chi connectivity index (χ0) is 19.3. The van der Waals surface area contributed by atoms with Crippen molar-refractivity contribution >= 4 is 22.5 Å². The Kier molecular flexibility index (Phi) is 5.53. The first-order chi connectivity index (χ1) is 13.7. The van der Waals surface area contributed by atoms with Crippen LogP contribution in [0.1, 0.15) is 29.8 Å². The van der Waals surface area contributed by atoms with Crippen molar-refractivity contribution in [2.24, 2.45) is 13.0 Å². The molecule has 1 aliphatic rings. The molecule has 0 aliphatic carbocycles. The van der Waals surface area contributed by atoms with Gasteiger partial charge in [0.15, 0.2) is 0 Å². The zero-order valence-electron chi connectivity index (χ0n) is 15.9. The average molecular weight is 380 g/mol. The number of hydrogen-bond acceptors (Lipinski definition) is 5. The predicted molar refractivity (Wildman–Crippen MR) is 107 cm³/mol. The monoisotopic (exact) mass is 380 g/mol. The molecule has 0 saturated carbocycles. The Labute approximate surface area is 163 Å². The highest BCUT2D eigenvalue weighted by Crippen LogP contribution is 2.28. The first kappa shape index (κ1) is 18.4. The van der Waals surface area contributed by atoms with Gasteiger partial charge >= 0.3 is 0 Å². The largest absolute Gasteiger partial charge is 0.476 e. The van der Waals surface area contributed by atoms with Crippen molar-refractivity contribution < 1.29 is 14.3 Å². The summed E-state index contributed by atoms with van der Waals surface area (Å²) >= 11 is 0. The molecule has 0 atom stereocenters. The van der Waals surface area contributed by atoms with Crippen LogP contribution in [0.3, 0.4) is 0 Å². The molecular weight excluding hydrogens is 356 g/mol. The van der Waals surface area contributed by atoms with Crippen LogP contribution < -0.4 is 10.1 Å². The van der Waals surface area contributed by atoms with E-state index in [4.69, 9.17) is 9.47 Å². The van der Waals surface area contributed by atoms with E-state index in [2.05, 4.69) is 15.4 Å². The van der Waals surface area contributed by atoms with Crippen LogP contribution in [0.5, 0.6) is 5.88 Å². The summed E-state index contributed by atoms with van der Waals surface area (Å²) in [5, 5.41) is 8.31. The molecule has 1 N–H and O–H groups in total. The van der Waals surface area contributed by atoms with Gasteiger partial charge < -0.3 is 14.8 Å². The molecule has 2 aromatic heterocycles. The Bertz CT molecular complexity index is 949. The molecule has 4 rings (SSSR count). The quantitative estimate of drug-likeness (QED) is 0.709. The van der Waals surface area contributed by atoms with E-state index in [1.54, 1.807) is 29.1 Å². The SMILES string of the molecule is Cn1nc(OCCC2CCOCC2)c2ccc(NC(=O)c3ccccn3)cc21. The van der Waals surface area contributed by atoms with Crippen molar-refractivity contribution in [2.45, 2.75) is 19.3 Å². The van der Waals surface area contributed by atoms with Gasteiger partial charge in [-0.15, -0.1) is 5.10 Å². The lowest BCUT2D eigenvalue weighted by Crippen LogP contribution is -2.17. The maximum Gasteiger partial charge on any atom is 0.274 e. The smallest absolute Gasteiger partial charge is 0.274 e. The van der Waals surface area contributed by atoms with Gasteiger partial charge in [0.25, 0.3) is 5.91 Å². The van der Waals surface area contributed by atoms with Gasteiger partial charge in [-0.2, -0.15) is 0 Å². The third-order valence-corrected chi connectivity index (χ3v) is 5.08. The number of benzene rings is 1. The number of nitrogens with one attached hydrogen (secondary N) is 1. The summed E-state index contributed by atoms with van der Waals surface area (Å²) in [5.74, 6) is 1.05. The summed E-state index contributed by atoms with van der Waals surface area (Å²) in [7, 11) is 1.87. The molecule has 0 radical (unpaired) electrons. The molecule has 3 aromatic rings. The minimum atomic E-state index is -0.241. The Morgan fingerprint density at radius 1 is 1.29 bits per heavy atom. The molecule has 1 fully saturated rings. The third kappa shape index (κ3) is 4.14. The van der Waals surface area contributed by atoms with Gasteiger partial charge in [0.05, 0.1) is 17.5 Å². The third-order valence-electron chi connectivity index (χ3n) is 5.08. The molecule has 7 heteroatoms. The van der Waals surface area contributed by atoms with E-state index in [0.717, 1.165) is 43.4 Å². The standard InChI is InChI=1S/C21H24N4O3/c1-25-19-14-16(23-20(26)18-4-2-3-10-22-18)5-6-17(19)21(24-25)28-13-9-15-7-11-27-12-8-15/h2-6,10,14-15H,7-9,11-13H2,1H3,(H,23,26). The lowest BCUT2D eigenvalue weighted by atomic mass is 9.97. The Hall–Kier alpha value is -2.93. The molecule has 146 valence electrons. The number of aromatic nitrogens is 3. The highest BCUT2D eigenvalue weighted by Gasteiger charge is 2.16. The van der Waals surface area contributed by atoms with Gasteiger partial charge in [-0.05, 0) is 55.5 Å². The van der Waals surface area contributed by atoms with E-state index in [9.17, 15) is 4.79 Å². The number of carbonyl (C=O) groups excluding carboxylic acids is 1. The van der Waals surface area contributed by atoms with Crippen LogP contribution in [0.2, 0.25) is 0 Å². The second-order valence-corrected chi connectivity index (χ2v) is 7.02. The Morgan fingerprint density at radius 2 is 2.14 bits per heavy atom. The van der Waals surface area contributed by atoms with Crippen LogP contribution in [0.25, 0.3) is 10.9 Å². The van der Waals surface area contributed by atoms with Crippen molar-refractivity contribution in [3.8, 4) is 5.88 Å². The van der Waals surface area contributed by atoms with Gasteiger partial charge in [-0.1, -0.05) is 6.07 Å². The summed E-state index contributed by atoms with van der Waals surface area (Å²) in [6.45, 7) is 2.35. The normalized spacial score (nSPS) is 14.9. The molecule has 0 unspecified atom stereocenters. The highest BCUT2D eigenvalue weighted by molar-refractivity contribution is 6.03. The molecule has 1 amide bonds. The second-order valence-electron chi connectivity index (χ2n) is 7.02. The van der Waals surface area contributed by atoms with E-state index in [-0.39, 0.29) is 5.91 Å². The topological polar surface area (TPSA) is 78.3 Å². The van der Waals surface area contributed by atoms with Crippen LogP contribution in [-0.4, -0.2) is 40.5 Å². The van der Waals surface area contributed by atoms with Crippen molar-refractivity contribution in [3.63, 3.8) is 0 Å². The first-order valence-corrected chi connectivity index (χ1v) is 9.60. The average Bonchev–Trinajstić information content (AvgIpc) is 3.04. The molecule has 0 bridgehead atoms. The molecule has 3 heterocycles. The fourth-order valence-corrected chi connectivity index (χ4v) is 3.46. The summed E-state index contributed by atoms with van der Waals surface area (Å²) in [6.07, 6.45) is 4.82. The molecule has 1 aliphatic heterocycles. The minimum absolute atomic E-state index is 0.241. The summed E-state index contributed by atoms with van der Waals surface area (Å²) in [4.78, 5) is 16.4.